The predicted molar refractivity (Wildman–Crippen MR) is 110 cm³/mol. The summed E-state index contributed by atoms with van der Waals surface area (Å²) in [5.74, 6) is -1.33. The highest BCUT2D eigenvalue weighted by Crippen LogP contribution is 2.08. The highest BCUT2D eigenvalue weighted by Gasteiger charge is 2.16. The van der Waals surface area contributed by atoms with Crippen molar-refractivity contribution in [3.8, 4) is 0 Å². The Morgan fingerprint density at radius 2 is 1.60 bits per heavy atom. The molecule has 0 fully saturated rings. The Morgan fingerprint density at radius 1 is 0.900 bits per heavy atom. The molecule has 1 heterocycles. The molecule has 1 aromatic heterocycles. The van der Waals surface area contributed by atoms with Crippen molar-refractivity contribution in [2.45, 2.75) is 6.61 Å². The van der Waals surface area contributed by atoms with Crippen LogP contribution in [0.4, 0.5) is 0 Å². The molecule has 0 saturated carbocycles. The van der Waals surface area contributed by atoms with Gasteiger partial charge in [-0.1, -0.05) is 48.5 Å². The van der Waals surface area contributed by atoms with E-state index in [2.05, 4.69) is 10.6 Å². The summed E-state index contributed by atoms with van der Waals surface area (Å²) in [5, 5.41) is 5.00. The maximum absolute atomic E-state index is 12.6. The molecule has 7 heteroatoms. The van der Waals surface area contributed by atoms with Crippen LogP contribution in [-0.2, 0) is 20.9 Å². The van der Waals surface area contributed by atoms with E-state index >= 15 is 0 Å². The number of rotatable bonds is 8. The van der Waals surface area contributed by atoms with E-state index in [0.717, 1.165) is 5.56 Å². The molecule has 30 heavy (non-hydrogen) atoms. The van der Waals surface area contributed by atoms with E-state index in [1.807, 2.05) is 30.3 Å². The zero-order valence-corrected chi connectivity index (χ0v) is 16.0. The number of carbonyl (C=O) groups excluding carboxylic acids is 3. The summed E-state index contributed by atoms with van der Waals surface area (Å²) in [5.41, 5.74) is 1.17. The number of nitrogens with one attached hydrogen (secondary N) is 2. The number of hydrogen-bond acceptors (Lipinski definition) is 5. The molecule has 2 N–H and O–H groups in total. The second-order valence-electron chi connectivity index (χ2n) is 6.22. The molecule has 0 radical (unpaired) electrons. The molecule has 2 aromatic carbocycles. The Balaban J connectivity index is 1.60. The van der Waals surface area contributed by atoms with Gasteiger partial charge in [0, 0.05) is 11.6 Å². The lowest BCUT2D eigenvalue weighted by molar-refractivity contribution is -0.144. The number of furan rings is 1. The van der Waals surface area contributed by atoms with E-state index in [1.165, 1.54) is 12.3 Å². The van der Waals surface area contributed by atoms with E-state index in [1.54, 1.807) is 42.5 Å². The van der Waals surface area contributed by atoms with Crippen molar-refractivity contribution in [3.05, 3.63) is 102 Å². The average molecular weight is 404 g/mol. The van der Waals surface area contributed by atoms with Gasteiger partial charge in [0.2, 0.25) is 0 Å². The molecular weight excluding hydrogens is 384 g/mol. The summed E-state index contributed by atoms with van der Waals surface area (Å²) >= 11 is 0. The van der Waals surface area contributed by atoms with Crippen LogP contribution in [-0.4, -0.2) is 24.3 Å². The van der Waals surface area contributed by atoms with Crippen LogP contribution in [0.5, 0.6) is 0 Å². The Hall–Kier alpha value is -4.13. The Labute approximate surface area is 173 Å². The SMILES string of the molecule is O=C(CNC(=O)/C(=C\c1ccco1)NC(=O)c1ccccc1)OCc1ccccc1. The lowest BCUT2D eigenvalue weighted by Gasteiger charge is -2.11. The lowest BCUT2D eigenvalue weighted by atomic mass is 10.2. The number of amides is 2. The topological polar surface area (TPSA) is 97.6 Å². The summed E-state index contributed by atoms with van der Waals surface area (Å²) in [6, 6.07) is 20.9. The fourth-order valence-corrected chi connectivity index (χ4v) is 2.49. The predicted octanol–water partition coefficient (Wildman–Crippen LogP) is 2.91. The summed E-state index contributed by atoms with van der Waals surface area (Å²) in [4.78, 5) is 36.9. The molecule has 3 rings (SSSR count). The first-order valence-electron chi connectivity index (χ1n) is 9.21. The van der Waals surface area contributed by atoms with E-state index in [9.17, 15) is 14.4 Å². The fraction of sp³-hybridized carbons (Fsp3) is 0.0870. The van der Waals surface area contributed by atoms with Crippen LogP contribution >= 0.6 is 0 Å². The standard InChI is InChI=1S/C23H20N2O5/c26-21(30-16-17-8-3-1-4-9-17)15-24-23(28)20(14-19-12-7-13-29-19)25-22(27)18-10-5-2-6-11-18/h1-14H,15-16H2,(H,24,28)(H,25,27)/b20-14+. The van der Waals surface area contributed by atoms with E-state index in [0.29, 0.717) is 11.3 Å². The summed E-state index contributed by atoms with van der Waals surface area (Å²) < 4.78 is 10.4. The van der Waals surface area contributed by atoms with Crippen LogP contribution in [0.15, 0.2) is 89.2 Å². The van der Waals surface area contributed by atoms with Crippen molar-refractivity contribution in [1.29, 1.82) is 0 Å². The molecule has 0 aliphatic rings. The van der Waals surface area contributed by atoms with Crippen molar-refractivity contribution >= 4 is 23.9 Å². The van der Waals surface area contributed by atoms with Crippen LogP contribution < -0.4 is 10.6 Å². The van der Waals surface area contributed by atoms with E-state index in [4.69, 9.17) is 9.15 Å². The summed E-state index contributed by atoms with van der Waals surface area (Å²) in [7, 11) is 0. The number of esters is 1. The van der Waals surface area contributed by atoms with Crippen LogP contribution in [0, 0.1) is 0 Å². The van der Waals surface area contributed by atoms with Crippen LogP contribution in [0.2, 0.25) is 0 Å². The molecule has 0 unspecified atom stereocenters. The lowest BCUT2D eigenvalue weighted by Crippen LogP contribution is -2.37. The largest absolute Gasteiger partial charge is 0.465 e. The second kappa shape index (κ2) is 10.4. The van der Waals surface area contributed by atoms with Gasteiger partial charge in [0.25, 0.3) is 11.8 Å². The molecule has 7 nitrogen and oxygen atoms in total. The summed E-state index contributed by atoms with van der Waals surface area (Å²) in [6.07, 6.45) is 2.83. The highest BCUT2D eigenvalue weighted by molar-refractivity contribution is 6.05. The molecule has 0 bridgehead atoms. The zero-order chi connectivity index (χ0) is 21.2. The van der Waals surface area contributed by atoms with Gasteiger partial charge in [-0.15, -0.1) is 0 Å². The fourth-order valence-electron chi connectivity index (χ4n) is 2.49. The third kappa shape index (κ3) is 6.20. The van der Waals surface area contributed by atoms with Gasteiger partial charge in [-0.2, -0.15) is 0 Å². The first kappa shape index (κ1) is 20.6. The van der Waals surface area contributed by atoms with Crippen molar-refractivity contribution in [2.24, 2.45) is 0 Å². The molecular formula is C23H20N2O5. The third-order valence-corrected chi connectivity index (χ3v) is 3.99. The highest BCUT2D eigenvalue weighted by atomic mass is 16.5. The Bertz CT molecular complexity index is 1010. The maximum Gasteiger partial charge on any atom is 0.325 e. The monoisotopic (exact) mass is 404 g/mol. The van der Waals surface area contributed by atoms with Crippen LogP contribution in [0.3, 0.4) is 0 Å². The van der Waals surface area contributed by atoms with E-state index in [-0.39, 0.29) is 18.8 Å². The minimum Gasteiger partial charge on any atom is -0.465 e. The van der Waals surface area contributed by atoms with Gasteiger partial charge in [-0.3, -0.25) is 14.4 Å². The van der Waals surface area contributed by atoms with Crippen molar-refractivity contribution in [1.82, 2.24) is 10.6 Å². The van der Waals surface area contributed by atoms with Gasteiger partial charge in [-0.05, 0) is 29.8 Å². The minimum atomic E-state index is -0.646. The molecule has 0 aliphatic carbocycles. The summed E-state index contributed by atoms with van der Waals surface area (Å²) in [6.45, 7) is -0.238. The van der Waals surface area contributed by atoms with Crippen LogP contribution in [0.1, 0.15) is 21.7 Å². The first-order valence-corrected chi connectivity index (χ1v) is 9.21. The van der Waals surface area contributed by atoms with Crippen molar-refractivity contribution in [3.63, 3.8) is 0 Å². The number of benzene rings is 2. The average Bonchev–Trinajstić information content (AvgIpc) is 3.30. The molecule has 0 spiro atoms. The normalized spacial score (nSPS) is 10.9. The Morgan fingerprint density at radius 3 is 2.27 bits per heavy atom. The maximum atomic E-state index is 12.6. The number of carbonyl (C=O) groups is 3. The molecule has 0 aliphatic heterocycles. The quantitative estimate of drug-likeness (QED) is 0.444. The molecule has 3 aromatic rings. The van der Waals surface area contributed by atoms with Crippen molar-refractivity contribution in [2.75, 3.05) is 6.54 Å². The molecule has 152 valence electrons. The molecule has 0 saturated heterocycles. The smallest absolute Gasteiger partial charge is 0.325 e. The number of hydrogen-bond donors (Lipinski definition) is 2. The number of ether oxygens (including phenoxy) is 1. The van der Waals surface area contributed by atoms with Crippen LogP contribution in [0.25, 0.3) is 6.08 Å². The van der Waals surface area contributed by atoms with Gasteiger partial charge in [0.1, 0.15) is 24.6 Å². The van der Waals surface area contributed by atoms with Gasteiger partial charge in [-0.25, -0.2) is 0 Å². The van der Waals surface area contributed by atoms with Gasteiger partial charge in [0.05, 0.1) is 6.26 Å². The molecule has 0 atom stereocenters. The third-order valence-electron chi connectivity index (χ3n) is 3.99. The van der Waals surface area contributed by atoms with Gasteiger partial charge >= 0.3 is 5.97 Å². The van der Waals surface area contributed by atoms with Gasteiger partial charge in [0.15, 0.2) is 0 Å². The van der Waals surface area contributed by atoms with Crippen molar-refractivity contribution < 1.29 is 23.5 Å². The first-order chi connectivity index (χ1) is 14.6. The molecule has 2 amide bonds. The second-order valence-corrected chi connectivity index (χ2v) is 6.22. The minimum absolute atomic E-state index is 0.0605. The zero-order valence-electron chi connectivity index (χ0n) is 16.0. The van der Waals surface area contributed by atoms with Gasteiger partial charge < -0.3 is 19.8 Å². The van der Waals surface area contributed by atoms with E-state index < -0.39 is 17.8 Å². The Kier molecular flexibility index (Phi) is 7.16.